The summed E-state index contributed by atoms with van der Waals surface area (Å²) < 4.78 is 0.893. The molecule has 0 spiro atoms. The van der Waals surface area contributed by atoms with E-state index < -0.39 is 0 Å². The Balaban J connectivity index is 1.77. The van der Waals surface area contributed by atoms with Gasteiger partial charge in [0.2, 0.25) is 0 Å². The quantitative estimate of drug-likeness (QED) is 0.286. The lowest BCUT2D eigenvalue weighted by molar-refractivity contribution is 0.0985. The molecule has 0 fully saturated rings. The number of thiazole rings is 1. The Morgan fingerprint density at radius 3 is 2.74 bits per heavy atom. The van der Waals surface area contributed by atoms with Gasteiger partial charge in [-0.25, -0.2) is 4.98 Å². The zero-order valence-corrected chi connectivity index (χ0v) is 19.9. The molecule has 2 aromatic carbocycles. The summed E-state index contributed by atoms with van der Waals surface area (Å²) in [6, 6.07) is 15.4. The van der Waals surface area contributed by atoms with Gasteiger partial charge >= 0.3 is 0 Å². The van der Waals surface area contributed by atoms with E-state index in [2.05, 4.69) is 18.8 Å². The van der Waals surface area contributed by atoms with Crippen molar-refractivity contribution in [3.05, 3.63) is 82.6 Å². The van der Waals surface area contributed by atoms with Crippen LogP contribution in [0.25, 0.3) is 10.2 Å². The van der Waals surface area contributed by atoms with E-state index in [0.29, 0.717) is 27.5 Å². The van der Waals surface area contributed by atoms with Crippen molar-refractivity contribution >= 4 is 56.0 Å². The van der Waals surface area contributed by atoms with Crippen molar-refractivity contribution in [3.63, 3.8) is 0 Å². The van der Waals surface area contributed by atoms with Crippen molar-refractivity contribution in [2.45, 2.75) is 37.5 Å². The second kappa shape index (κ2) is 9.39. The van der Waals surface area contributed by atoms with Crippen LogP contribution in [0.2, 0.25) is 5.02 Å². The molecule has 0 radical (unpaired) electrons. The Kier molecular flexibility index (Phi) is 6.60. The second-order valence-corrected chi connectivity index (χ2v) is 10.5. The van der Waals surface area contributed by atoms with E-state index in [4.69, 9.17) is 16.6 Å². The number of carbonyl (C=O) groups excluding carboxylic acids is 1. The molecule has 31 heavy (non-hydrogen) atoms. The van der Waals surface area contributed by atoms with Crippen molar-refractivity contribution in [1.82, 2.24) is 9.97 Å². The number of rotatable bonds is 6. The smallest absolute Gasteiger partial charge is 0.260 e. The molecule has 0 N–H and O–H groups in total. The minimum absolute atomic E-state index is 0.0945. The Morgan fingerprint density at radius 2 is 2.03 bits per heavy atom. The highest BCUT2D eigenvalue weighted by atomic mass is 35.5. The Bertz CT molecular complexity index is 1190. The van der Waals surface area contributed by atoms with Gasteiger partial charge in [0.15, 0.2) is 5.13 Å². The molecule has 4 nitrogen and oxygen atoms in total. The van der Waals surface area contributed by atoms with Crippen molar-refractivity contribution in [2.24, 2.45) is 0 Å². The van der Waals surface area contributed by atoms with E-state index >= 15 is 0 Å². The Labute approximate surface area is 195 Å². The van der Waals surface area contributed by atoms with Crippen LogP contribution in [-0.4, -0.2) is 21.1 Å². The number of hydrogen-bond donors (Lipinski definition) is 0. The van der Waals surface area contributed by atoms with Crippen LogP contribution in [0.5, 0.6) is 0 Å². The van der Waals surface area contributed by atoms with Gasteiger partial charge in [0.1, 0.15) is 0 Å². The van der Waals surface area contributed by atoms with Gasteiger partial charge in [-0.2, -0.15) is 0 Å². The molecule has 158 valence electrons. The van der Waals surface area contributed by atoms with Crippen LogP contribution >= 0.6 is 34.7 Å². The van der Waals surface area contributed by atoms with Gasteiger partial charge in [-0.3, -0.25) is 14.7 Å². The molecule has 0 saturated carbocycles. The molecule has 0 aliphatic rings. The minimum Gasteiger partial charge on any atom is -0.279 e. The Morgan fingerprint density at radius 1 is 1.19 bits per heavy atom. The van der Waals surface area contributed by atoms with Crippen molar-refractivity contribution in [1.29, 1.82) is 0 Å². The fraction of sp³-hybridized carbons (Fsp3) is 0.208. The molecule has 4 rings (SSSR count). The highest BCUT2D eigenvalue weighted by molar-refractivity contribution is 7.99. The van der Waals surface area contributed by atoms with Gasteiger partial charge in [0.05, 0.1) is 21.8 Å². The molecule has 2 aromatic heterocycles. The van der Waals surface area contributed by atoms with E-state index in [1.807, 2.05) is 55.5 Å². The Hall–Kier alpha value is -2.41. The topological polar surface area (TPSA) is 46.1 Å². The summed E-state index contributed by atoms with van der Waals surface area (Å²) in [4.78, 5) is 25.5. The molecule has 7 heteroatoms. The number of fused-ring (bicyclic) bond motifs is 1. The van der Waals surface area contributed by atoms with Crippen LogP contribution in [-0.2, 0) is 6.54 Å². The zero-order chi connectivity index (χ0) is 22.0. The van der Waals surface area contributed by atoms with Crippen LogP contribution in [0.4, 0.5) is 5.13 Å². The van der Waals surface area contributed by atoms with Crippen LogP contribution in [0.1, 0.15) is 35.3 Å². The lowest BCUT2D eigenvalue weighted by Crippen LogP contribution is -2.30. The third-order valence-electron chi connectivity index (χ3n) is 4.68. The van der Waals surface area contributed by atoms with E-state index in [1.165, 1.54) is 11.3 Å². The lowest BCUT2D eigenvalue weighted by Gasteiger charge is -2.20. The first-order chi connectivity index (χ1) is 14.9. The van der Waals surface area contributed by atoms with Crippen molar-refractivity contribution in [3.8, 4) is 0 Å². The van der Waals surface area contributed by atoms with Crippen LogP contribution in [0, 0.1) is 6.92 Å². The van der Waals surface area contributed by atoms with Gasteiger partial charge in [0.25, 0.3) is 5.91 Å². The predicted octanol–water partition coefficient (Wildman–Crippen LogP) is 7.00. The number of benzene rings is 2. The molecule has 2 heterocycles. The third-order valence-corrected chi connectivity index (χ3v) is 7.21. The number of nitrogens with zero attached hydrogens (tertiary/aromatic N) is 3. The first-order valence-electron chi connectivity index (χ1n) is 9.95. The summed E-state index contributed by atoms with van der Waals surface area (Å²) in [5.74, 6) is -0.0945. The summed E-state index contributed by atoms with van der Waals surface area (Å²) in [6.07, 6.45) is 3.50. The SMILES string of the molecule is Cc1ccc(Cl)c2sc(N(Cc3cccnc3)C(=O)c3cccc(SC(C)C)c3)nc12. The van der Waals surface area contributed by atoms with Crippen molar-refractivity contribution < 1.29 is 4.79 Å². The normalized spacial score (nSPS) is 11.3. The fourth-order valence-electron chi connectivity index (χ4n) is 3.24. The average Bonchev–Trinajstić information content (AvgIpc) is 3.21. The maximum absolute atomic E-state index is 13.7. The van der Waals surface area contributed by atoms with Crippen LogP contribution < -0.4 is 4.90 Å². The molecular formula is C24H22ClN3OS2. The standard InChI is InChI=1S/C24H22ClN3OS2/c1-15(2)30-19-8-4-7-18(12-19)23(29)28(14-17-6-5-11-26-13-17)24-27-21-16(3)9-10-20(25)22(21)31-24/h4-13,15H,14H2,1-3H3. The summed E-state index contributed by atoms with van der Waals surface area (Å²) in [7, 11) is 0. The van der Waals surface area contributed by atoms with Gasteiger partial charge in [-0.15, -0.1) is 11.8 Å². The van der Waals surface area contributed by atoms with Crippen LogP contribution in [0.3, 0.4) is 0 Å². The maximum Gasteiger partial charge on any atom is 0.260 e. The summed E-state index contributed by atoms with van der Waals surface area (Å²) >= 11 is 9.60. The summed E-state index contributed by atoms with van der Waals surface area (Å²) in [5, 5.41) is 1.71. The number of aromatic nitrogens is 2. The first-order valence-corrected chi connectivity index (χ1v) is 12.0. The summed E-state index contributed by atoms with van der Waals surface area (Å²) in [6.45, 7) is 6.66. The van der Waals surface area contributed by atoms with Gasteiger partial charge < -0.3 is 0 Å². The first kappa shape index (κ1) is 21.8. The molecular weight excluding hydrogens is 446 g/mol. The number of pyridine rings is 1. The average molecular weight is 468 g/mol. The molecule has 0 bridgehead atoms. The number of aryl methyl sites for hydroxylation is 1. The highest BCUT2D eigenvalue weighted by Gasteiger charge is 2.23. The molecule has 0 aliphatic heterocycles. The molecule has 0 unspecified atom stereocenters. The number of thioether (sulfide) groups is 1. The third kappa shape index (κ3) is 4.92. The molecule has 0 aliphatic carbocycles. The van der Waals surface area contributed by atoms with Crippen molar-refractivity contribution in [2.75, 3.05) is 4.90 Å². The molecule has 4 aromatic rings. The van der Waals surface area contributed by atoms with E-state index in [9.17, 15) is 4.79 Å². The monoisotopic (exact) mass is 467 g/mol. The summed E-state index contributed by atoms with van der Waals surface area (Å²) in [5.41, 5.74) is 3.44. The number of hydrogen-bond acceptors (Lipinski definition) is 5. The predicted molar refractivity (Wildman–Crippen MR) is 132 cm³/mol. The van der Waals surface area contributed by atoms with Gasteiger partial charge in [-0.05, 0) is 48.4 Å². The zero-order valence-electron chi connectivity index (χ0n) is 17.5. The largest absolute Gasteiger partial charge is 0.279 e. The number of halogens is 1. The lowest BCUT2D eigenvalue weighted by atomic mass is 10.2. The molecule has 0 atom stereocenters. The number of amides is 1. The second-order valence-electron chi connectivity index (χ2n) is 7.49. The van der Waals surface area contributed by atoms with Gasteiger partial charge in [0, 0.05) is 28.1 Å². The van der Waals surface area contributed by atoms with Gasteiger partial charge in [-0.1, -0.05) is 55.0 Å². The maximum atomic E-state index is 13.7. The molecule has 0 saturated heterocycles. The molecule has 1 amide bonds. The van der Waals surface area contributed by atoms with E-state index in [1.54, 1.807) is 29.1 Å². The highest BCUT2D eigenvalue weighted by Crippen LogP contribution is 2.37. The van der Waals surface area contributed by atoms with Crippen LogP contribution in [0.15, 0.2) is 65.8 Å². The van der Waals surface area contributed by atoms with E-state index in [0.717, 1.165) is 26.2 Å². The fourth-order valence-corrected chi connectivity index (χ4v) is 5.45. The number of anilines is 1. The van der Waals surface area contributed by atoms with E-state index in [-0.39, 0.29) is 5.91 Å². The number of carbonyl (C=O) groups is 1. The minimum atomic E-state index is -0.0945.